The van der Waals surface area contributed by atoms with Crippen molar-refractivity contribution in [2.75, 3.05) is 0 Å². The summed E-state index contributed by atoms with van der Waals surface area (Å²) >= 11 is 0. The molecule has 0 spiro atoms. The maximum atomic E-state index is 12.5. The molecule has 3 heterocycles. The molecule has 1 fully saturated rings. The number of carbonyl (C=O) groups is 3. The van der Waals surface area contributed by atoms with E-state index in [-0.39, 0.29) is 6.10 Å². The Labute approximate surface area is 184 Å². The van der Waals surface area contributed by atoms with Gasteiger partial charge in [0, 0.05) is 31.4 Å². The monoisotopic (exact) mass is 434 g/mol. The fraction of sp³-hybridized carbons (Fsp3) is 0.708. The van der Waals surface area contributed by atoms with E-state index in [9.17, 15) is 14.4 Å². The first-order valence-electron chi connectivity index (χ1n) is 11.1. The minimum Gasteiger partial charge on any atom is -0.455 e. The number of hydrogen-bond donors (Lipinski definition) is 0. The first-order valence-corrected chi connectivity index (χ1v) is 11.1. The minimum atomic E-state index is -0.967. The van der Waals surface area contributed by atoms with Crippen LogP contribution in [0.3, 0.4) is 0 Å². The van der Waals surface area contributed by atoms with Gasteiger partial charge >= 0.3 is 17.9 Å². The molecule has 0 aliphatic carbocycles. The van der Waals surface area contributed by atoms with E-state index in [1.54, 1.807) is 6.92 Å². The van der Waals surface area contributed by atoms with Crippen LogP contribution in [0.4, 0.5) is 0 Å². The Bertz CT molecular complexity index is 811. The highest BCUT2D eigenvalue weighted by Gasteiger charge is 2.53. The lowest BCUT2D eigenvalue weighted by Crippen LogP contribution is -2.52. The summed E-state index contributed by atoms with van der Waals surface area (Å²) < 4.78 is 23.7. The van der Waals surface area contributed by atoms with E-state index in [0.717, 1.165) is 24.8 Å². The summed E-state index contributed by atoms with van der Waals surface area (Å²) in [6.07, 6.45) is 3.60. The van der Waals surface area contributed by atoms with Crippen LogP contribution in [0.2, 0.25) is 0 Å². The van der Waals surface area contributed by atoms with E-state index in [1.165, 1.54) is 13.8 Å². The molecular weight excluding hydrogens is 400 g/mol. The third-order valence-electron chi connectivity index (χ3n) is 6.71. The highest BCUT2D eigenvalue weighted by molar-refractivity contribution is 5.92. The third-order valence-corrected chi connectivity index (χ3v) is 6.71. The Balaban J connectivity index is 2.14. The molecule has 0 saturated carbocycles. The van der Waals surface area contributed by atoms with Gasteiger partial charge in [-0.2, -0.15) is 0 Å². The van der Waals surface area contributed by atoms with Gasteiger partial charge < -0.3 is 18.9 Å². The van der Waals surface area contributed by atoms with Crippen molar-refractivity contribution in [3.63, 3.8) is 0 Å². The van der Waals surface area contributed by atoms with E-state index in [0.29, 0.717) is 29.9 Å². The van der Waals surface area contributed by atoms with Gasteiger partial charge in [0.1, 0.15) is 11.7 Å². The van der Waals surface area contributed by atoms with E-state index in [1.807, 2.05) is 13.8 Å². The van der Waals surface area contributed by atoms with E-state index >= 15 is 0 Å². The maximum absolute atomic E-state index is 12.5. The van der Waals surface area contributed by atoms with Crippen LogP contribution in [0.5, 0.6) is 0 Å². The molecule has 0 unspecified atom stereocenters. The lowest BCUT2D eigenvalue weighted by atomic mass is 9.83. The largest absolute Gasteiger partial charge is 0.455 e. The maximum Gasteiger partial charge on any atom is 0.334 e. The molecule has 0 N–H and O–H groups in total. The molecular formula is C24H34O7. The van der Waals surface area contributed by atoms with Crippen molar-refractivity contribution < 1.29 is 33.3 Å². The Morgan fingerprint density at radius 1 is 1.13 bits per heavy atom. The fourth-order valence-electron chi connectivity index (χ4n) is 5.00. The first kappa shape index (κ1) is 23.5. The Hall–Kier alpha value is -2.15. The fourth-order valence-corrected chi connectivity index (χ4v) is 5.00. The van der Waals surface area contributed by atoms with Gasteiger partial charge in [-0.3, -0.25) is 9.59 Å². The molecule has 1 saturated heterocycles. The zero-order chi connectivity index (χ0) is 22.9. The zero-order valence-corrected chi connectivity index (χ0v) is 19.4. The average Bonchev–Trinajstić information content (AvgIpc) is 3.18. The predicted octanol–water partition coefficient (Wildman–Crippen LogP) is 3.80. The number of hydrogen-bond acceptors (Lipinski definition) is 7. The smallest absolute Gasteiger partial charge is 0.334 e. The van der Waals surface area contributed by atoms with Gasteiger partial charge in [0.15, 0.2) is 12.2 Å². The molecule has 172 valence electrons. The predicted molar refractivity (Wildman–Crippen MR) is 113 cm³/mol. The van der Waals surface area contributed by atoms with Gasteiger partial charge in [-0.25, -0.2) is 4.79 Å². The number of rotatable bonds is 2. The van der Waals surface area contributed by atoms with Crippen LogP contribution in [-0.4, -0.2) is 47.9 Å². The molecule has 3 aliphatic rings. The van der Waals surface area contributed by atoms with Crippen molar-refractivity contribution in [1.82, 2.24) is 0 Å². The molecule has 0 aromatic rings. The molecule has 0 aromatic carbocycles. The SMILES string of the molecule is CC(=O)O[C@@H]1[C@@H](OC(C)=O)C2=C(C)C(=O)O[C@@H]2C/C(C)=C/CC[C@H](C)[C@H]2CC[C@@]1(C)O2. The Morgan fingerprint density at radius 2 is 1.81 bits per heavy atom. The highest BCUT2D eigenvalue weighted by atomic mass is 16.6. The molecule has 0 aromatic heterocycles. The number of ether oxygens (including phenoxy) is 4. The second kappa shape index (κ2) is 9.15. The van der Waals surface area contributed by atoms with Gasteiger partial charge in [-0.05, 0) is 52.4 Å². The van der Waals surface area contributed by atoms with Gasteiger partial charge in [-0.15, -0.1) is 0 Å². The highest BCUT2D eigenvalue weighted by Crippen LogP contribution is 2.43. The summed E-state index contributed by atoms with van der Waals surface area (Å²) in [5.41, 5.74) is 1.19. The van der Waals surface area contributed by atoms with E-state index in [2.05, 4.69) is 13.0 Å². The van der Waals surface area contributed by atoms with Crippen molar-refractivity contribution in [3.8, 4) is 0 Å². The third kappa shape index (κ3) is 5.03. The van der Waals surface area contributed by atoms with E-state index < -0.39 is 41.8 Å². The molecule has 0 radical (unpaired) electrons. The number of carbonyl (C=O) groups excluding carboxylic acids is 3. The molecule has 2 bridgehead atoms. The summed E-state index contributed by atoms with van der Waals surface area (Å²) in [7, 11) is 0. The van der Waals surface area contributed by atoms with Gasteiger partial charge in [0.25, 0.3) is 0 Å². The molecule has 31 heavy (non-hydrogen) atoms. The Morgan fingerprint density at radius 3 is 2.45 bits per heavy atom. The molecule has 7 nitrogen and oxygen atoms in total. The number of esters is 3. The number of allylic oxidation sites excluding steroid dienone is 1. The van der Waals surface area contributed by atoms with Crippen LogP contribution in [0.15, 0.2) is 22.8 Å². The van der Waals surface area contributed by atoms with E-state index in [4.69, 9.17) is 18.9 Å². The molecule has 3 rings (SSSR count). The summed E-state index contributed by atoms with van der Waals surface area (Å²) in [5.74, 6) is -1.13. The molecule has 7 heteroatoms. The van der Waals surface area contributed by atoms with Crippen molar-refractivity contribution in [1.29, 1.82) is 0 Å². The van der Waals surface area contributed by atoms with Crippen molar-refractivity contribution >= 4 is 17.9 Å². The molecule has 3 aliphatic heterocycles. The van der Waals surface area contributed by atoms with Crippen LogP contribution in [0.1, 0.15) is 73.6 Å². The lowest BCUT2D eigenvalue weighted by Gasteiger charge is -2.39. The summed E-state index contributed by atoms with van der Waals surface area (Å²) in [6.45, 7) is 10.4. The van der Waals surface area contributed by atoms with Crippen LogP contribution in [-0.2, 0) is 33.3 Å². The summed E-state index contributed by atoms with van der Waals surface area (Å²) in [4.78, 5) is 36.7. The lowest BCUT2D eigenvalue weighted by molar-refractivity contribution is -0.192. The quantitative estimate of drug-likeness (QED) is 0.371. The van der Waals surface area contributed by atoms with Crippen LogP contribution < -0.4 is 0 Å². The normalized spacial score (nSPS) is 38.1. The Kier molecular flexibility index (Phi) is 6.94. The topological polar surface area (TPSA) is 88.1 Å². The first-order chi connectivity index (χ1) is 14.5. The van der Waals surface area contributed by atoms with Crippen molar-refractivity contribution in [3.05, 3.63) is 22.8 Å². The zero-order valence-electron chi connectivity index (χ0n) is 19.4. The standard InChI is InChI=1S/C24H34O7/c1-13-8-7-9-14(2)18-10-11-24(6,31-18)22(29-17(5)26)21(28-16(4)25)20-15(3)23(27)30-19(20)12-13/h8,14,18-19,21-22H,7,9-12H2,1-6H3/b13-8+/t14-,18+,19+,21-,22+,24+/m0/s1. The van der Waals surface area contributed by atoms with Crippen LogP contribution in [0, 0.1) is 5.92 Å². The molecule has 0 amide bonds. The summed E-state index contributed by atoms with van der Waals surface area (Å²) in [6, 6.07) is 0. The van der Waals surface area contributed by atoms with Crippen LogP contribution in [0.25, 0.3) is 0 Å². The number of fused-ring (bicyclic) bond motifs is 3. The van der Waals surface area contributed by atoms with Crippen molar-refractivity contribution in [2.24, 2.45) is 5.92 Å². The second-order valence-corrected chi connectivity index (χ2v) is 9.35. The second-order valence-electron chi connectivity index (χ2n) is 9.35. The van der Waals surface area contributed by atoms with Gasteiger partial charge in [0.2, 0.25) is 0 Å². The average molecular weight is 435 g/mol. The minimum absolute atomic E-state index is 0.0165. The van der Waals surface area contributed by atoms with Gasteiger partial charge in [0.05, 0.1) is 6.10 Å². The van der Waals surface area contributed by atoms with Crippen LogP contribution >= 0.6 is 0 Å². The van der Waals surface area contributed by atoms with Gasteiger partial charge in [-0.1, -0.05) is 18.6 Å². The summed E-state index contributed by atoms with van der Waals surface area (Å²) in [5, 5.41) is 0. The van der Waals surface area contributed by atoms with Crippen molar-refractivity contribution in [2.45, 2.75) is 104 Å². The molecule has 6 atom stereocenters.